The third-order valence-corrected chi connectivity index (χ3v) is 3.85. The van der Waals surface area contributed by atoms with Gasteiger partial charge in [0.05, 0.1) is 6.20 Å². The largest absolute Gasteiger partial charge is 0.321 e. The molecular weight excluding hydrogens is 198 g/mol. The maximum atomic E-state index is 6.56. The predicted molar refractivity (Wildman–Crippen MR) is 64.1 cm³/mol. The molecule has 16 heavy (non-hydrogen) atoms. The van der Waals surface area contributed by atoms with Gasteiger partial charge in [-0.05, 0) is 25.8 Å². The van der Waals surface area contributed by atoms with E-state index in [9.17, 15) is 0 Å². The van der Waals surface area contributed by atoms with E-state index in [0.717, 1.165) is 12.8 Å². The fraction of sp³-hybridized carbons (Fsp3) is 0.462. The second-order valence-electron chi connectivity index (χ2n) is 5.05. The average Bonchev–Trinajstić information content (AvgIpc) is 2.63. The highest BCUT2D eigenvalue weighted by Crippen LogP contribution is 2.47. The number of allylic oxidation sites excluding steroid dienone is 2. The zero-order chi connectivity index (χ0) is 11.3. The van der Waals surface area contributed by atoms with Crippen molar-refractivity contribution in [3.63, 3.8) is 0 Å². The summed E-state index contributed by atoms with van der Waals surface area (Å²) < 4.78 is 0. The maximum absolute atomic E-state index is 6.56. The normalized spacial score (nSPS) is 34.8. The van der Waals surface area contributed by atoms with Crippen molar-refractivity contribution >= 4 is 0 Å². The van der Waals surface area contributed by atoms with Crippen LogP contribution in [0.3, 0.4) is 0 Å². The van der Waals surface area contributed by atoms with Crippen LogP contribution in [0.25, 0.3) is 0 Å². The summed E-state index contributed by atoms with van der Waals surface area (Å²) in [6.45, 7) is 4.26. The summed E-state index contributed by atoms with van der Waals surface area (Å²) in [7, 11) is 0. The number of rotatable bonds is 0. The summed E-state index contributed by atoms with van der Waals surface area (Å²) in [6.07, 6.45) is 8.29. The van der Waals surface area contributed by atoms with Crippen LogP contribution in [0.1, 0.15) is 37.4 Å². The smallest absolute Gasteiger partial charge is 0.0531 e. The molecule has 84 valence electrons. The van der Waals surface area contributed by atoms with Gasteiger partial charge in [-0.25, -0.2) is 0 Å². The van der Waals surface area contributed by atoms with Gasteiger partial charge in [-0.1, -0.05) is 17.7 Å². The van der Waals surface area contributed by atoms with Crippen LogP contribution < -0.4 is 5.73 Å². The molecule has 0 spiro atoms. The lowest BCUT2D eigenvalue weighted by Crippen LogP contribution is -2.50. The van der Waals surface area contributed by atoms with Crippen LogP contribution in [0.5, 0.6) is 0 Å². The summed E-state index contributed by atoms with van der Waals surface area (Å²) in [6, 6.07) is 0. The molecular formula is C13H17N3. The van der Waals surface area contributed by atoms with Crippen LogP contribution in [-0.2, 0) is 6.42 Å². The average molecular weight is 215 g/mol. The SMILES string of the molecule is C/C=C1\[C@H]2C=C(C)C[C@]1(N)Cc1[nH]ncc12. The molecule has 2 bridgehead atoms. The highest BCUT2D eigenvalue weighted by atomic mass is 15.1. The van der Waals surface area contributed by atoms with Gasteiger partial charge in [0.15, 0.2) is 0 Å². The molecule has 0 unspecified atom stereocenters. The fourth-order valence-electron chi connectivity index (χ4n) is 3.28. The van der Waals surface area contributed by atoms with Gasteiger partial charge >= 0.3 is 0 Å². The Hall–Kier alpha value is -1.35. The van der Waals surface area contributed by atoms with Crippen molar-refractivity contribution in [1.82, 2.24) is 10.2 Å². The molecule has 1 aromatic rings. The number of nitrogens with two attached hydrogens (primary N) is 1. The zero-order valence-electron chi connectivity index (χ0n) is 9.75. The van der Waals surface area contributed by atoms with Crippen molar-refractivity contribution in [3.05, 3.63) is 40.8 Å². The number of aromatic amines is 1. The maximum Gasteiger partial charge on any atom is 0.0531 e. The number of hydrogen-bond donors (Lipinski definition) is 2. The Morgan fingerprint density at radius 3 is 3.12 bits per heavy atom. The summed E-state index contributed by atoms with van der Waals surface area (Å²) in [5.74, 6) is 0.339. The molecule has 3 N–H and O–H groups in total. The lowest BCUT2D eigenvalue weighted by atomic mass is 9.64. The standard InChI is InChI=1S/C13H17N3/c1-3-11-9-4-8(2)5-13(11,14)6-12-10(9)7-15-16-12/h3-4,7,9H,5-6,14H2,1-2H3,(H,15,16)/b11-3+/t9-,13-/m0/s1. The molecule has 0 aromatic carbocycles. The quantitative estimate of drug-likeness (QED) is 0.651. The van der Waals surface area contributed by atoms with Gasteiger partial charge in [0.2, 0.25) is 0 Å². The molecule has 0 fully saturated rings. The van der Waals surface area contributed by atoms with Crippen molar-refractivity contribution in [2.75, 3.05) is 0 Å². The Kier molecular flexibility index (Phi) is 1.89. The molecule has 0 saturated carbocycles. The van der Waals surface area contributed by atoms with E-state index in [0.29, 0.717) is 5.92 Å². The van der Waals surface area contributed by atoms with Gasteiger partial charge in [-0.15, -0.1) is 0 Å². The Balaban J connectivity index is 2.24. The minimum atomic E-state index is -0.197. The molecule has 2 atom stereocenters. The number of aromatic nitrogens is 2. The first-order valence-corrected chi connectivity index (χ1v) is 5.79. The lowest BCUT2D eigenvalue weighted by Gasteiger charge is -2.43. The van der Waals surface area contributed by atoms with E-state index in [1.54, 1.807) is 0 Å². The van der Waals surface area contributed by atoms with E-state index >= 15 is 0 Å². The van der Waals surface area contributed by atoms with Crippen LogP contribution in [0.2, 0.25) is 0 Å². The highest BCUT2D eigenvalue weighted by molar-refractivity contribution is 5.50. The summed E-state index contributed by atoms with van der Waals surface area (Å²) in [4.78, 5) is 0. The number of H-pyrrole nitrogens is 1. The van der Waals surface area contributed by atoms with Crippen molar-refractivity contribution in [2.45, 2.75) is 38.1 Å². The van der Waals surface area contributed by atoms with Crippen LogP contribution in [0.4, 0.5) is 0 Å². The highest BCUT2D eigenvalue weighted by Gasteiger charge is 2.43. The summed E-state index contributed by atoms with van der Waals surface area (Å²) in [5, 5.41) is 7.24. The lowest BCUT2D eigenvalue weighted by molar-refractivity contribution is 0.428. The van der Waals surface area contributed by atoms with Crippen LogP contribution in [-0.4, -0.2) is 15.7 Å². The first-order valence-electron chi connectivity index (χ1n) is 5.79. The molecule has 3 heteroatoms. The predicted octanol–water partition coefficient (Wildman–Crippen LogP) is 2.04. The van der Waals surface area contributed by atoms with Crippen molar-refractivity contribution in [3.8, 4) is 0 Å². The Morgan fingerprint density at radius 2 is 2.38 bits per heavy atom. The van der Waals surface area contributed by atoms with Gasteiger partial charge in [0.1, 0.15) is 0 Å². The van der Waals surface area contributed by atoms with E-state index in [-0.39, 0.29) is 5.54 Å². The summed E-state index contributed by atoms with van der Waals surface area (Å²) in [5.41, 5.74) is 11.6. The molecule has 0 amide bonds. The molecule has 1 aromatic heterocycles. The third-order valence-electron chi connectivity index (χ3n) is 3.85. The molecule has 0 saturated heterocycles. The van der Waals surface area contributed by atoms with E-state index in [2.05, 4.69) is 36.2 Å². The monoisotopic (exact) mass is 215 g/mol. The van der Waals surface area contributed by atoms with Crippen molar-refractivity contribution < 1.29 is 0 Å². The number of nitrogens with one attached hydrogen (secondary N) is 1. The van der Waals surface area contributed by atoms with Crippen LogP contribution >= 0.6 is 0 Å². The molecule has 2 aliphatic rings. The minimum Gasteiger partial charge on any atom is -0.321 e. The van der Waals surface area contributed by atoms with E-state index < -0.39 is 0 Å². The second-order valence-corrected chi connectivity index (χ2v) is 5.05. The topological polar surface area (TPSA) is 54.7 Å². The van der Waals surface area contributed by atoms with Crippen LogP contribution in [0, 0.1) is 0 Å². The fourth-order valence-corrected chi connectivity index (χ4v) is 3.28. The van der Waals surface area contributed by atoms with E-state index in [1.807, 2.05) is 6.20 Å². The van der Waals surface area contributed by atoms with E-state index in [1.165, 1.54) is 22.4 Å². The van der Waals surface area contributed by atoms with Gasteiger partial charge in [-0.3, -0.25) is 5.10 Å². The number of fused-ring (bicyclic) bond motifs is 4. The number of hydrogen-bond acceptors (Lipinski definition) is 2. The second kappa shape index (κ2) is 3.08. The summed E-state index contributed by atoms with van der Waals surface area (Å²) >= 11 is 0. The third kappa shape index (κ3) is 1.15. The first kappa shape index (κ1) is 9.85. The molecule has 0 radical (unpaired) electrons. The Morgan fingerprint density at radius 1 is 1.56 bits per heavy atom. The van der Waals surface area contributed by atoms with Gasteiger partial charge in [0, 0.05) is 29.1 Å². The number of nitrogens with zero attached hydrogens (tertiary/aromatic N) is 1. The van der Waals surface area contributed by atoms with Gasteiger partial charge < -0.3 is 5.73 Å². The molecule has 3 nitrogen and oxygen atoms in total. The molecule has 0 aliphatic heterocycles. The molecule has 2 aliphatic carbocycles. The Labute approximate surface area is 95.4 Å². The first-order chi connectivity index (χ1) is 7.64. The van der Waals surface area contributed by atoms with Gasteiger partial charge in [0.25, 0.3) is 0 Å². The molecule has 1 heterocycles. The van der Waals surface area contributed by atoms with E-state index in [4.69, 9.17) is 5.73 Å². The van der Waals surface area contributed by atoms with Gasteiger partial charge in [-0.2, -0.15) is 5.10 Å². The minimum absolute atomic E-state index is 0.197. The van der Waals surface area contributed by atoms with Crippen molar-refractivity contribution in [1.29, 1.82) is 0 Å². The Bertz CT molecular complexity index is 495. The molecule has 3 rings (SSSR count). The van der Waals surface area contributed by atoms with Crippen LogP contribution in [0.15, 0.2) is 29.5 Å². The van der Waals surface area contributed by atoms with Crippen molar-refractivity contribution in [2.24, 2.45) is 5.73 Å². The zero-order valence-corrected chi connectivity index (χ0v) is 9.75.